The Balaban J connectivity index is 0.000000186. The predicted octanol–water partition coefficient (Wildman–Crippen LogP) is 10.6. The predicted molar refractivity (Wildman–Crippen MR) is 200 cm³/mol. The first kappa shape index (κ1) is 40.3. The van der Waals surface area contributed by atoms with E-state index in [2.05, 4.69) is 25.9 Å². The Kier molecular flexibility index (Phi) is 9.06. The lowest BCUT2D eigenvalue weighted by Crippen LogP contribution is -2.36. The maximum atomic E-state index is 14.8. The first-order valence-corrected chi connectivity index (χ1v) is 18.5. The van der Waals surface area contributed by atoms with E-state index in [0.717, 1.165) is 78.0 Å². The van der Waals surface area contributed by atoms with E-state index in [0.29, 0.717) is 23.4 Å². The molecule has 4 aliphatic carbocycles. The monoisotopic (exact) mass is 800 g/mol. The van der Waals surface area contributed by atoms with Gasteiger partial charge in [0.1, 0.15) is 28.8 Å². The highest BCUT2D eigenvalue weighted by Crippen LogP contribution is 2.68. The van der Waals surface area contributed by atoms with Crippen molar-refractivity contribution in [2.24, 2.45) is 10.8 Å². The minimum atomic E-state index is -4.76. The summed E-state index contributed by atoms with van der Waals surface area (Å²) in [5, 5.41) is 3.11. The highest BCUT2D eigenvalue weighted by molar-refractivity contribution is 5.49. The van der Waals surface area contributed by atoms with Crippen LogP contribution in [0.4, 0.5) is 35.1 Å². The molecule has 0 amide bonds. The largest absolute Gasteiger partial charge is 0.416 e. The van der Waals surface area contributed by atoms with Crippen molar-refractivity contribution in [3.63, 3.8) is 0 Å². The van der Waals surface area contributed by atoms with Crippen LogP contribution in [-0.2, 0) is 23.6 Å². The molecule has 0 aliphatic heterocycles. The zero-order chi connectivity index (χ0) is 40.7. The Morgan fingerprint density at radius 3 is 1.79 bits per heavy atom. The molecule has 2 fully saturated rings. The maximum Gasteiger partial charge on any atom is 0.416 e. The molecule has 6 nitrogen and oxygen atoms in total. The van der Waals surface area contributed by atoms with Gasteiger partial charge in [0.05, 0.1) is 17.8 Å². The molecule has 1 N–H and O–H groups in total. The third kappa shape index (κ3) is 5.55. The fraction of sp³-hybridized carbons (Fsp3) is 0.442. The van der Waals surface area contributed by atoms with Crippen molar-refractivity contribution in [1.29, 1.82) is 0 Å². The second-order valence-electron chi connectivity index (χ2n) is 17.3. The lowest BCUT2D eigenvalue weighted by Gasteiger charge is -2.36. The molecule has 0 unspecified atom stereocenters. The molecule has 4 atom stereocenters. The second-order valence-corrected chi connectivity index (χ2v) is 17.3. The highest BCUT2D eigenvalue weighted by atomic mass is 19.4. The van der Waals surface area contributed by atoms with Crippen LogP contribution in [0.3, 0.4) is 0 Å². The number of benzene rings is 3. The third-order valence-electron chi connectivity index (χ3n) is 14.2. The molecule has 4 aliphatic rings. The number of alkyl halides is 3. The molecule has 2 aromatic heterocycles. The van der Waals surface area contributed by atoms with Gasteiger partial charge in [-0.1, -0.05) is 49.0 Å². The summed E-state index contributed by atoms with van der Waals surface area (Å²) in [7, 11) is 0. The second kappa shape index (κ2) is 12.8. The zero-order valence-electron chi connectivity index (χ0n) is 31.6. The average molecular weight is 801 g/mol. The number of aromatic amines is 1. The Labute approximate surface area is 324 Å². The summed E-state index contributed by atoms with van der Waals surface area (Å²) in [5.41, 5.74) is -0.104. The van der Waals surface area contributed by atoms with E-state index in [1.54, 1.807) is 0 Å². The van der Waals surface area contributed by atoms with E-state index < -0.39 is 51.8 Å². The van der Waals surface area contributed by atoms with Crippen molar-refractivity contribution in [3.8, 4) is 11.4 Å². The fourth-order valence-corrected chi connectivity index (χ4v) is 10.5. The molecule has 3 aromatic carbocycles. The van der Waals surface area contributed by atoms with E-state index >= 15 is 0 Å². The third-order valence-corrected chi connectivity index (χ3v) is 14.2. The number of nitrogens with one attached hydrogen (secondary N) is 1. The smallest absolute Gasteiger partial charge is 0.294 e. The molecule has 14 heteroatoms. The summed E-state index contributed by atoms with van der Waals surface area (Å²) in [4.78, 5) is 26.4. The van der Waals surface area contributed by atoms with Gasteiger partial charge in [0, 0.05) is 39.8 Å². The summed E-state index contributed by atoms with van der Waals surface area (Å²) in [5.74, 6) is -4.18. The summed E-state index contributed by atoms with van der Waals surface area (Å²) >= 11 is 0. The van der Waals surface area contributed by atoms with Gasteiger partial charge in [0.15, 0.2) is 11.6 Å². The minimum absolute atomic E-state index is 0. The van der Waals surface area contributed by atoms with E-state index in [1.165, 1.54) is 15.4 Å². The van der Waals surface area contributed by atoms with Crippen LogP contribution in [0.15, 0.2) is 64.2 Å². The van der Waals surface area contributed by atoms with E-state index in [4.69, 9.17) is 0 Å². The first-order valence-electron chi connectivity index (χ1n) is 18.5. The highest BCUT2D eigenvalue weighted by Gasteiger charge is 2.63. The maximum absolute atomic E-state index is 14.8. The van der Waals surface area contributed by atoms with Crippen LogP contribution >= 0.6 is 0 Å². The lowest BCUT2D eigenvalue weighted by atomic mass is 9.70. The normalized spacial score (nSPS) is 24.5. The van der Waals surface area contributed by atoms with Gasteiger partial charge in [-0.05, 0) is 96.4 Å². The fourth-order valence-electron chi connectivity index (χ4n) is 10.5. The number of halogens is 8. The number of aromatic nitrogens is 4. The number of nitrogens with zero attached hydrogens (tertiary/aromatic N) is 3. The lowest BCUT2D eigenvalue weighted by molar-refractivity contribution is -0.137. The molecule has 57 heavy (non-hydrogen) atoms. The SMILES string of the molecule is C.CC1(C)[C@@H]2CC[C@@]1(C)c1[nH]n(-c3ccc(F)cc3F)c(=O)c12.CC1(C)[C@@H]2CC[C@@]1(C)c1c2c(=O)n(-c2ccc(F)cc2F)n1Cc1cc(F)cc(C(F)(F)F)c1. The Morgan fingerprint density at radius 1 is 0.684 bits per heavy atom. The van der Waals surface area contributed by atoms with Gasteiger partial charge in [-0.2, -0.15) is 13.2 Å². The van der Waals surface area contributed by atoms with Gasteiger partial charge in [0.25, 0.3) is 11.1 Å². The van der Waals surface area contributed by atoms with E-state index in [9.17, 15) is 44.7 Å². The quantitative estimate of drug-likeness (QED) is 0.184. The number of H-pyrrole nitrogens is 1. The van der Waals surface area contributed by atoms with Crippen LogP contribution in [0.25, 0.3) is 11.4 Å². The van der Waals surface area contributed by atoms with Crippen LogP contribution in [0.1, 0.15) is 120 Å². The van der Waals surface area contributed by atoms with Gasteiger partial charge < -0.3 is 0 Å². The number of fused-ring (bicyclic) bond motifs is 10. The van der Waals surface area contributed by atoms with Crippen molar-refractivity contribution >= 4 is 0 Å². The Bertz CT molecular complexity index is 2580. The van der Waals surface area contributed by atoms with Crippen molar-refractivity contribution < 1.29 is 35.1 Å². The molecule has 2 heterocycles. The van der Waals surface area contributed by atoms with Crippen LogP contribution in [0.5, 0.6) is 0 Å². The number of hydrogen-bond donors (Lipinski definition) is 1. The molecule has 4 bridgehead atoms. The van der Waals surface area contributed by atoms with Crippen LogP contribution in [0.2, 0.25) is 0 Å². The Morgan fingerprint density at radius 2 is 1.23 bits per heavy atom. The summed E-state index contributed by atoms with van der Waals surface area (Å²) in [6.45, 7) is 12.3. The molecule has 9 rings (SSSR count). The molecular weight excluding hydrogens is 756 g/mol. The number of hydrogen-bond acceptors (Lipinski definition) is 2. The first-order chi connectivity index (χ1) is 26.0. The summed E-state index contributed by atoms with van der Waals surface area (Å²) in [6.07, 6.45) is -1.27. The standard InChI is InChI=1S/C25H22F6N2O.C17H18F2N2O.CH4/c1-23(2)17-6-7-24(23,3)21-20(17)22(34)33(19-5-4-15(26)11-18(19)28)32(21)12-13-8-14(25(29,30)31)10-16(27)9-13;1-16(2)10-6-7-17(16,3)14-13(10)15(22)21(20-14)12-5-4-9(18)8-11(12)19;/h4-5,8-11,17H,6-7,12H2,1-3H3;4-5,8,10,20H,6-7H2,1-3H3;1H4/t17-,24+;10-,17+;/m11./s1. The topological polar surface area (TPSA) is 64.7 Å². The van der Waals surface area contributed by atoms with Crippen LogP contribution < -0.4 is 11.1 Å². The molecule has 0 spiro atoms. The minimum Gasteiger partial charge on any atom is -0.294 e. The van der Waals surface area contributed by atoms with Crippen LogP contribution in [-0.4, -0.2) is 19.1 Å². The van der Waals surface area contributed by atoms with Gasteiger partial charge in [-0.3, -0.25) is 19.4 Å². The summed E-state index contributed by atoms with van der Waals surface area (Å²) in [6, 6.07) is 8.25. The van der Waals surface area contributed by atoms with E-state index in [-0.39, 0.29) is 64.5 Å². The van der Waals surface area contributed by atoms with Crippen molar-refractivity contribution in [3.05, 3.63) is 138 Å². The van der Waals surface area contributed by atoms with Gasteiger partial charge in [-0.15, -0.1) is 0 Å². The van der Waals surface area contributed by atoms with Gasteiger partial charge in [-0.25, -0.2) is 31.3 Å². The molecular formula is C43H44F8N4O2. The van der Waals surface area contributed by atoms with Crippen molar-refractivity contribution in [1.82, 2.24) is 19.1 Å². The molecule has 304 valence electrons. The number of rotatable bonds is 4. The molecule has 2 saturated carbocycles. The zero-order valence-corrected chi connectivity index (χ0v) is 31.6. The summed E-state index contributed by atoms with van der Waals surface area (Å²) < 4.78 is 113. The van der Waals surface area contributed by atoms with Gasteiger partial charge >= 0.3 is 6.18 Å². The van der Waals surface area contributed by atoms with E-state index in [1.807, 2.05) is 20.8 Å². The molecule has 5 aromatic rings. The Hall–Kier alpha value is -4.88. The average Bonchev–Trinajstić information content (AvgIpc) is 3.81. The van der Waals surface area contributed by atoms with Crippen molar-refractivity contribution in [2.45, 2.75) is 110 Å². The molecule has 0 radical (unpaired) electrons. The van der Waals surface area contributed by atoms with Crippen molar-refractivity contribution in [2.75, 3.05) is 0 Å². The van der Waals surface area contributed by atoms with Gasteiger partial charge in [0.2, 0.25) is 0 Å². The molecule has 0 saturated heterocycles. The van der Waals surface area contributed by atoms with Crippen LogP contribution in [0, 0.1) is 39.9 Å².